The highest BCUT2D eigenvalue weighted by molar-refractivity contribution is 5.85. The van der Waals surface area contributed by atoms with E-state index in [2.05, 4.69) is 35.1 Å². The maximum Gasteiger partial charge on any atom is 0.113 e. The molecule has 5 heteroatoms. The van der Waals surface area contributed by atoms with Gasteiger partial charge >= 0.3 is 0 Å². The van der Waals surface area contributed by atoms with E-state index in [0.717, 1.165) is 30.8 Å². The fourth-order valence-corrected chi connectivity index (χ4v) is 1.63. The number of hydrogen-bond acceptors (Lipinski definition) is 3. The molecule has 0 bridgehead atoms. The Morgan fingerprint density at radius 1 is 1.19 bits per heavy atom. The molecule has 0 aliphatic carbocycles. The Labute approximate surface area is 102 Å². The first kappa shape index (κ1) is 12.9. The Morgan fingerprint density at radius 2 is 1.88 bits per heavy atom. The molecule has 0 aliphatic rings. The van der Waals surface area contributed by atoms with Crippen LogP contribution in [0.1, 0.15) is 13.8 Å². The molecule has 0 unspecified atom stereocenters. The van der Waals surface area contributed by atoms with Crippen molar-refractivity contribution in [2.75, 3.05) is 13.1 Å². The minimum Gasteiger partial charge on any atom is -0.285 e. The molecule has 0 atom stereocenters. The molecule has 0 aliphatic heterocycles. The molecule has 2 rings (SSSR count). The lowest BCUT2D eigenvalue weighted by atomic mass is 10.3. The minimum atomic E-state index is 0. The maximum absolute atomic E-state index is 4.16. The van der Waals surface area contributed by atoms with Crippen LogP contribution in [0.3, 0.4) is 0 Å². The van der Waals surface area contributed by atoms with E-state index in [1.807, 2.05) is 22.9 Å². The Morgan fingerprint density at radius 3 is 2.56 bits per heavy atom. The lowest BCUT2D eigenvalue weighted by Gasteiger charge is -2.17. The number of nitrogens with zero attached hydrogens (tertiary/aromatic N) is 4. The summed E-state index contributed by atoms with van der Waals surface area (Å²) >= 11 is 0. The molecule has 0 N–H and O–H groups in total. The zero-order valence-corrected chi connectivity index (χ0v) is 10.4. The first-order valence-electron chi connectivity index (χ1n) is 5.35. The van der Waals surface area contributed by atoms with Gasteiger partial charge in [-0.1, -0.05) is 31.2 Å². The van der Waals surface area contributed by atoms with Gasteiger partial charge in [-0.3, -0.25) is 4.90 Å². The van der Waals surface area contributed by atoms with Gasteiger partial charge in [-0.05, 0) is 25.2 Å². The van der Waals surface area contributed by atoms with Gasteiger partial charge in [-0.25, -0.2) is 4.68 Å². The second-order valence-electron chi connectivity index (χ2n) is 3.52. The molecule has 2 aromatic rings. The molecular weight excluding hydrogens is 224 g/mol. The van der Waals surface area contributed by atoms with Crippen molar-refractivity contribution in [3.05, 3.63) is 24.3 Å². The molecule has 1 aromatic heterocycles. The zero-order chi connectivity index (χ0) is 10.7. The van der Waals surface area contributed by atoms with Crippen LogP contribution in [0.25, 0.3) is 11.0 Å². The van der Waals surface area contributed by atoms with Gasteiger partial charge in [-0.15, -0.1) is 17.5 Å². The summed E-state index contributed by atoms with van der Waals surface area (Å²) in [5.74, 6) is 0. The summed E-state index contributed by atoms with van der Waals surface area (Å²) < 4.78 is 1.95. The number of aromatic nitrogens is 3. The average Bonchev–Trinajstić information content (AvgIpc) is 2.69. The molecule has 88 valence electrons. The Hall–Kier alpha value is -1.13. The Balaban J connectivity index is 0.00000128. The van der Waals surface area contributed by atoms with E-state index in [1.165, 1.54) is 0 Å². The standard InChI is InChI=1S/C11H16N4.ClH/c1-3-14(4-2)9-15-11-8-6-5-7-10(11)12-13-15;/h5-8H,3-4,9H2,1-2H3;1H. The van der Waals surface area contributed by atoms with Crippen molar-refractivity contribution < 1.29 is 0 Å². The van der Waals surface area contributed by atoms with Gasteiger partial charge in [0.2, 0.25) is 0 Å². The van der Waals surface area contributed by atoms with Gasteiger partial charge in [0.15, 0.2) is 0 Å². The fraction of sp³-hybridized carbons (Fsp3) is 0.455. The van der Waals surface area contributed by atoms with Crippen LogP contribution in [0, 0.1) is 0 Å². The molecule has 0 spiro atoms. The lowest BCUT2D eigenvalue weighted by molar-refractivity contribution is 0.231. The van der Waals surface area contributed by atoms with Gasteiger partial charge in [0, 0.05) is 0 Å². The van der Waals surface area contributed by atoms with Crippen molar-refractivity contribution in [3.8, 4) is 0 Å². The third-order valence-corrected chi connectivity index (χ3v) is 2.65. The van der Waals surface area contributed by atoms with E-state index in [-0.39, 0.29) is 12.4 Å². The largest absolute Gasteiger partial charge is 0.285 e. The van der Waals surface area contributed by atoms with E-state index < -0.39 is 0 Å². The molecule has 1 aromatic carbocycles. The van der Waals surface area contributed by atoms with Crippen LogP contribution in [-0.2, 0) is 6.67 Å². The number of rotatable bonds is 4. The van der Waals surface area contributed by atoms with E-state index in [9.17, 15) is 0 Å². The van der Waals surface area contributed by atoms with Gasteiger partial charge in [0.05, 0.1) is 12.2 Å². The summed E-state index contributed by atoms with van der Waals surface area (Å²) in [6.07, 6.45) is 0. The smallest absolute Gasteiger partial charge is 0.113 e. The molecule has 0 saturated heterocycles. The van der Waals surface area contributed by atoms with E-state index in [1.54, 1.807) is 0 Å². The number of hydrogen-bond donors (Lipinski definition) is 0. The molecule has 4 nitrogen and oxygen atoms in total. The molecule has 1 heterocycles. The van der Waals surface area contributed by atoms with Crippen molar-refractivity contribution in [3.63, 3.8) is 0 Å². The minimum absolute atomic E-state index is 0. The fourth-order valence-electron chi connectivity index (χ4n) is 1.63. The second kappa shape index (κ2) is 5.82. The van der Waals surface area contributed by atoms with E-state index in [0.29, 0.717) is 0 Å². The van der Waals surface area contributed by atoms with Crippen molar-refractivity contribution in [1.29, 1.82) is 0 Å². The summed E-state index contributed by atoms with van der Waals surface area (Å²) in [6.45, 7) is 7.19. The summed E-state index contributed by atoms with van der Waals surface area (Å²) in [7, 11) is 0. The maximum atomic E-state index is 4.16. The first-order chi connectivity index (χ1) is 7.35. The second-order valence-corrected chi connectivity index (χ2v) is 3.52. The average molecular weight is 241 g/mol. The normalized spacial score (nSPS) is 10.7. The SMILES string of the molecule is CCN(CC)Cn1nnc2ccccc21.Cl. The number of halogens is 1. The highest BCUT2D eigenvalue weighted by Crippen LogP contribution is 2.09. The van der Waals surface area contributed by atoms with Crippen molar-refractivity contribution >= 4 is 23.4 Å². The number of fused-ring (bicyclic) bond motifs is 1. The third-order valence-electron chi connectivity index (χ3n) is 2.65. The molecular formula is C11H17ClN4. The van der Waals surface area contributed by atoms with Crippen LogP contribution >= 0.6 is 12.4 Å². The molecule has 16 heavy (non-hydrogen) atoms. The lowest BCUT2D eigenvalue weighted by Crippen LogP contribution is -2.26. The summed E-state index contributed by atoms with van der Waals surface area (Å²) in [5, 5.41) is 8.28. The topological polar surface area (TPSA) is 34.0 Å². The van der Waals surface area contributed by atoms with Gasteiger partial charge < -0.3 is 0 Å². The van der Waals surface area contributed by atoms with Crippen LogP contribution in [0.2, 0.25) is 0 Å². The predicted molar refractivity (Wildman–Crippen MR) is 67.7 cm³/mol. The van der Waals surface area contributed by atoms with Crippen molar-refractivity contribution in [2.45, 2.75) is 20.5 Å². The van der Waals surface area contributed by atoms with Gasteiger partial charge in [-0.2, -0.15) is 0 Å². The highest BCUT2D eigenvalue weighted by atomic mass is 35.5. The quantitative estimate of drug-likeness (QED) is 0.821. The monoisotopic (exact) mass is 240 g/mol. The first-order valence-corrected chi connectivity index (χ1v) is 5.35. The number of para-hydroxylation sites is 1. The summed E-state index contributed by atoms with van der Waals surface area (Å²) in [4.78, 5) is 2.31. The van der Waals surface area contributed by atoms with Crippen LogP contribution in [0.4, 0.5) is 0 Å². The van der Waals surface area contributed by atoms with Crippen LogP contribution in [0.5, 0.6) is 0 Å². The Bertz CT molecular complexity index is 436. The number of benzene rings is 1. The molecule has 0 radical (unpaired) electrons. The van der Waals surface area contributed by atoms with Crippen molar-refractivity contribution in [1.82, 2.24) is 19.9 Å². The highest BCUT2D eigenvalue weighted by Gasteiger charge is 2.05. The van der Waals surface area contributed by atoms with Crippen LogP contribution in [-0.4, -0.2) is 33.0 Å². The van der Waals surface area contributed by atoms with Crippen LogP contribution in [0.15, 0.2) is 24.3 Å². The van der Waals surface area contributed by atoms with Crippen LogP contribution < -0.4 is 0 Å². The van der Waals surface area contributed by atoms with E-state index >= 15 is 0 Å². The van der Waals surface area contributed by atoms with E-state index in [4.69, 9.17) is 0 Å². The molecule has 0 saturated carbocycles. The van der Waals surface area contributed by atoms with Gasteiger partial charge in [0.1, 0.15) is 5.52 Å². The molecule has 0 amide bonds. The van der Waals surface area contributed by atoms with Gasteiger partial charge in [0.25, 0.3) is 0 Å². The Kier molecular flexibility index (Phi) is 4.71. The predicted octanol–water partition coefficient (Wildman–Crippen LogP) is 2.15. The zero-order valence-electron chi connectivity index (χ0n) is 9.63. The summed E-state index contributed by atoms with van der Waals surface area (Å²) in [6, 6.07) is 8.04. The summed E-state index contributed by atoms with van der Waals surface area (Å²) in [5.41, 5.74) is 2.06. The molecule has 0 fully saturated rings. The van der Waals surface area contributed by atoms with Crippen molar-refractivity contribution in [2.24, 2.45) is 0 Å². The third kappa shape index (κ3) is 2.51.